The maximum Gasteiger partial charge on any atom is 0.0546 e. The Kier molecular flexibility index (Phi) is 4.68. The molecule has 116 valence electrons. The SMILES string of the molecule is CC(C)C1CCN(CC2(CNC3CC3)CCCOC2)C1. The van der Waals surface area contributed by atoms with Crippen molar-refractivity contribution in [3.05, 3.63) is 0 Å². The van der Waals surface area contributed by atoms with Gasteiger partial charge in [-0.1, -0.05) is 13.8 Å². The Morgan fingerprint density at radius 3 is 2.75 bits per heavy atom. The van der Waals surface area contributed by atoms with E-state index in [1.165, 1.54) is 58.3 Å². The van der Waals surface area contributed by atoms with E-state index in [9.17, 15) is 0 Å². The first-order chi connectivity index (χ1) is 9.67. The third kappa shape index (κ3) is 3.75. The molecular weight excluding hydrogens is 248 g/mol. The van der Waals surface area contributed by atoms with Crippen LogP contribution in [0.2, 0.25) is 0 Å². The van der Waals surface area contributed by atoms with Crippen LogP contribution < -0.4 is 5.32 Å². The van der Waals surface area contributed by atoms with Gasteiger partial charge in [-0.25, -0.2) is 0 Å². The van der Waals surface area contributed by atoms with Gasteiger partial charge in [0.25, 0.3) is 0 Å². The van der Waals surface area contributed by atoms with E-state index in [0.29, 0.717) is 5.41 Å². The Morgan fingerprint density at radius 2 is 2.15 bits per heavy atom. The van der Waals surface area contributed by atoms with E-state index in [-0.39, 0.29) is 0 Å². The van der Waals surface area contributed by atoms with Gasteiger partial charge in [-0.2, -0.15) is 0 Å². The molecule has 0 aromatic rings. The molecule has 0 radical (unpaired) electrons. The Morgan fingerprint density at radius 1 is 1.30 bits per heavy atom. The molecule has 1 saturated carbocycles. The van der Waals surface area contributed by atoms with Gasteiger partial charge in [-0.3, -0.25) is 0 Å². The van der Waals surface area contributed by atoms with Crippen molar-refractivity contribution >= 4 is 0 Å². The number of hydrogen-bond acceptors (Lipinski definition) is 3. The van der Waals surface area contributed by atoms with Gasteiger partial charge in [0.2, 0.25) is 0 Å². The zero-order chi connectivity index (χ0) is 14.0. The molecule has 3 rings (SSSR count). The number of nitrogens with zero attached hydrogens (tertiary/aromatic N) is 1. The van der Waals surface area contributed by atoms with Crippen molar-refractivity contribution in [2.75, 3.05) is 39.4 Å². The first kappa shape index (κ1) is 14.8. The maximum absolute atomic E-state index is 5.86. The van der Waals surface area contributed by atoms with Crippen LogP contribution in [0.15, 0.2) is 0 Å². The summed E-state index contributed by atoms with van der Waals surface area (Å²) >= 11 is 0. The molecule has 2 atom stereocenters. The summed E-state index contributed by atoms with van der Waals surface area (Å²) in [6.07, 6.45) is 6.75. The molecule has 3 fully saturated rings. The number of nitrogens with one attached hydrogen (secondary N) is 1. The van der Waals surface area contributed by atoms with Gasteiger partial charge >= 0.3 is 0 Å². The van der Waals surface area contributed by atoms with Crippen LogP contribution in [0.5, 0.6) is 0 Å². The third-order valence-electron chi connectivity index (χ3n) is 5.56. The molecule has 3 heteroatoms. The highest BCUT2D eigenvalue weighted by Gasteiger charge is 2.38. The molecule has 2 saturated heterocycles. The summed E-state index contributed by atoms with van der Waals surface area (Å²) in [6, 6.07) is 0.816. The molecule has 2 unspecified atom stereocenters. The van der Waals surface area contributed by atoms with E-state index in [0.717, 1.165) is 31.1 Å². The zero-order valence-electron chi connectivity index (χ0n) is 13.4. The second-order valence-electron chi connectivity index (χ2n) is 7.84. The van der Waals surface area contributed by atoms with Gasteiger partial charge in [0.05, 0.1) is 6.61 Å². The van der Waals surface area contributed by atoms with Crippen molar-refractivity contribution in [3.63, 3.8) is 0 Å². The van der Waals surface area contributed by atoms with E-state index in [1.807, 2.05) is 0 Å². The summed E-state index contributed by atoms with van der Waals surface area (Å²) in [5.41, 5.74) is 0.382. The molecule has 20 heavy (non-hydrogen) atoms. The minimum Gasteiger partial charge on any atom is -0.381 e. The fourth-order valence-electron chi connectivity index (χ4n) is 3.90. The number of rotatable bonds is 6. The highest BCUT2D eigenvalue weighted by Crippen LogP contribution is 2.33. The highest BCUT2D eigenvalue weighted by atomic mass is 16.5. The lowest BCUT2D eigenvalue weighted by molar-refractivity contribution is -0.0238. The first-order valence-corrected chi connectivity index (χ1v) is 8.70. The number of hydrogen-bond donors (Lipinski definition) is 1. The average Bonchev–Trinajstić information content (AvgIpc) is 3.16. The molecule has 1 N–H and O–H groups in total. The summed E-state index contributed by atoms with van der Waals surface area (Å²) in [6.45, 7) is 11.7. The smallest absolute Gasteiger partial charge is 0.0546 e. The Balaban J connectivity index is 1.55. The lowest BCUT2D eigenvalue weighted by Crippen LogP contribution is -2.49. The quantitative estimate of drug-likeness (QED) is 0.809. The molecule has 1 aliphatic carbocycles. The van der Waals surface area contributed by atoms with Crippen LogP contribution in [-0.4, -0.2) is 50.3 Å². The van der Waals surface area contributed by atoms with Crippen LogP contribution in [0, 0.1) is 17.3 Å². The Labute approximate surface area is 124 Å². The topological polar surface area (TPSA) is 24.5 Å². The molecule has 0 aromatic carbocycles. The summed E-state index contributed by atoms with van der Waals surface area (Å²) in [7, 11) is 0. The zero-order valence-corrected chi connectivity index (χ0v) is 13.4. The second kappa shape index (κ2) is 6.33. The lowest BCUT2D eigenvalue weighted by Gasteiger charge is -2.40. The Bertz CT molecular complexity index is 308. The van der Waals surface area contributed by atoms with Gasteiger partial charge in [0, 0.05) is 37.7 Å². The van der Waals surface area contributed by atoms with Gasteiger partial charge in [-0.05, 0) is 50.5 Å². The summed E-state index contributed by atoms with van der Waals surface area (Å²) < 4.78 is 5.86. The summed E-state index contributed by atoms with van der Waals surface area (Å²) in [4.78, 5) is 2.72. The van der Waals surface area contributed by atoms with Crippen molar-refractivity contribution in [1.29, 1.82) is 0 Å². The van der Waals surface area contributed by atoms with Crippen molar-refractivity contribution in [2.45, 2.75) is 52.0 Å². The second-order valence-corrected chi connectivity index (χ2v) is 7.84. The minimum atomic E-state index is 0.382. The predicted octanol–water partition coefficient (Wildman–Crippen LogP) is 2.51. The maximum atomic E-state index is 5.86. The largest absolute Gasteiger partial charge is 0.381 e. The summed E-state index contributed by atoms with van der Waals surface area (Å²) in [5.74, 6) is 1.75. The van der Waals surface area contributed by atoms with Crippen LogP contribution in [0.1, 0.15) is 46.0 Å². The third-order valence-corrected chi connectivity index (χ3v) is 5.56. The molecule has 3 nitrogen and oxygen atoms in total. The van der Waals surface area contributed by atoms with Crippen LogP contribution in [0.3, 0.4) is 0 Å². The van der Waals surface area contributed by atoms with E-state index in [4.69, 9.17) is 4.74 Å². The molecule has 0 amide bonds. The standard InChI is InChI=1S/C17H32N2O/c1-14(2)15-6-8-19(10-15)12-17(7-3-9-20-13-17)11-18-16-4-5-16/h14-16,18H,3-13H2,1-2H3. The van der Waals surface area contributed by atoms with E-state index in [2.05, 4.69) is 24.1 Å². The number of likely N-dealkylation sites (tertiary alicyclic amines) is 1. The predicted molar refractivity (Wildman–Crippen MR) is 82.9 cm³/mol. The van der Waals surface area contributed by atoms with Crippen molar-refractivity contribution in [2.24, 2.45) is 17.3 Å². The molecular formula is C17H32N2O. The summed E-state index contributed by atoms with van der Waals surface area (Å²) in [5, 5.41) is 3.77. The number of ether oxygens (including phenoxy) is 1. The van der Waals surface area contributed by atoms with Gasteiger partial charge in [0.1, 0.15) is 0 Å². The molecule has 0 aromatic heterocycles. The Hall–Kier alpha value is -0.120. The van der Waals surface area contributed by atoms with Crippen LogP contribution in [0.25, 0.3) is 0 Å². The van der Waals surface area contributed by atoms with Crippen LogP contribution >= 0.6 is 0 Å². The van der Waals surface area contributed by atoms with E-state index in [1.54, 1.807) is 0 Å². The average molecular weight is 280 g/mol. The van der Waals surface area contributed by atoms with Gasteiger partial charge in [-0.15, -0.1) is 0 Å². The van der Waals surface area contributed by atoms with Gasteiger partial charge < -0.3 is 15.0 Å². The monoisotopic (exact) mass is 280 g/mol. The first-order valence-electron chi connectivity index (χ1n) is 8.70. The van der Waals surface area contributed by atoms with Crippen LogP contribution in [0.4, 0.5) is 0 Å². The molecule has 2 aliphatic heterocycles. The minimum absolute atomic E-state index is 0.382. The lowest BCUT2D eigenvalue weighted by atomic mass is 9.81. The molecule has 2 heterocycles. The molecule has 0 bridgehead atoms. The molecule has 0 spiro atoms. The van der Waals surface area contributed by atoms with Crippen molar-refractivity contribution in [3.8, 4) is 0 Å². The van der Waals surface area contributed by atoms with E-state index >= 15 is 0 Å². The van der Waals surface area contributed by atoms with Crippen molar-refractivity contribution in [1.82, 2.24) is 10.2 Å². The van der Waals surface area contributed by atoms with Gasteiger partial charge in [0.15, 0.2) is 0 Å². The van der Waals surface area contributed by atoms with E-state index < -0.39 is 0 Å². The fourth-order valence-corrected chi connectivity index (χ4v) is 3.90. The van der Waals surface area contributed by atoms with Crippen LogP contribution in [-0.2, 0) is 4.74 Å². The normalized spacial score (nSPS) is 35.9. The van der Waals surface area contributed by atoms with Crippen molar-refractivity contribution < 1.29 is 4.74 Å². The highest BCUT2D eigenvalue weighted by molar-refractivity contribution is 4.92. The molecule has 3 aliphatic rings. The fraction of sp³-hybridized carbons (Fsp3) is 1.00.